The maximum atomic E-state index is 11.4. The van der Waals surface area contributed by atoms with Gasteiger partial charge in [0.1, 0.15) is 5.54 Å². The fourth-order valence-corrected chi connectivity index (χ4v) is 3.97. The molecule has 2 rings (SSSR count). The lowest BCUT2D eigenvalue weighted by atomic mass is 9.84. The lowest BCUT2D eigenvalue weighted by Gasteiger charge is -2.35. The summed E-state index contributed by atoms with van der Waals surface area (Å²) < 4.78 is 0. The Balaban J connectivity index is 1.77. The summed E-state index contributed by atoms with van der Waals surface area (Å²) in [5.41, 5.74) is 5.14. The van der Waals surface area contributed by atoms with E-state index in [4.69, 9.17) is 5.73 Å². The second kappa shape index (κ2) is 6.44. The maximum absolute atomic E-state index is 11.4. The van der Waals surface area contributed by atoms with Crippen molar-refractivity contribution in [3.8, 4) is 0 Å². The molecule has 1 saturated carbocycles. The summed E-state index contributed by atoms with van der Waals surface area (Å²) in [5.74, 6) is 1.00. The van der Waals surface area contributed by atoms with E-state index in [2.05, 4.69) is 18.7 Å². The van der Waals surface area contributed by atoms with Gasteiger partial charge in [0.05, 0.1) is 0 Å². The Kier molecular flexibility index (Phi) is 5.08. The van der Waals surface area contributed by atoms with Crippen molar-refractivity contribution < 1.29 is 9.90 Å². The number of hydrogen-bond donors (Lipinski definition) is 2. The maximum Gasteiger partial charge on any atom is 0.323 e. The first-order valence-corrected chi connectivity index (χ1v) is 8.18. The molecular weight excluding hydrogens is 252 g/mol. The Morgan fingerprint density at radius 3 is 2.55 bits per heavy atom. The molecule has 0 spiro atoms. The minimum absolute atomic E-state index is 0.155. The molecule has 0 amide bonds. The van der Waals surface area contributed by atoms with Gasteiger partial charge >= 0.3 is 5.97 Å². The molecule has 2 unspecified atom stereocenters. The van der Waals surface area contributed by atoms with Crippen LogP contribution >= 0.6 is 0 Å². The van der Waals surface area contributed by atoms with Crippen molar-refractivity contribution in [2.75, 3.05) is 19.6 Å². The molecular formula is C16H30N2O2. The summed E-state index contributed by atoms with van der Waals surface area (Å²) in [6.07, 6.45) is 6.09. The van der Waals surface area contributed by atoms with Crippen LogP contribution in [0.5, 0.6) is 0 Å². The van der Waals surface area contributed by atoms with Crippen molar-refractivity contribution >= 4 is 5.97 Å². The number of aliphatic carboxylic acids is 1. The Hall–Kier alpha value is -0.610. The molecule has 2 fully saturated rings. The number of hydrogen-bond acceptors (Lipinski definition) is 3. The summed E-state index contributed by atoms with van der Waals surface area (Å²) in [4.78, 5) is 13.9. The van der Waals surface area contributed by atoms with Crippen LogP contribution in [-0.4, -0.2) is 41.1 Å². The van der Waals surface area contributed by atoms with E-state index in [1.807, 2.05) is 0 Å². The van der Waals surface area contributed by atoms with Crippen molar-refractivity contribution in [2.45, 2.75) is 57.9 Å². The first-order chi connectivity index (χ1) is 9.43. The standard InChI is InChI=1S/C16H30N2O2/c1-12(2)13-5-9-18(10-6-13)11-7-14-4-3-8-16(14,17)15(19)20/h12-14H,3-11,17H2,1-2H3,(H,19,20). The molecule has 4 nitrogen and oxygen atoms in total. The van der Waals surface area contributed by atoms with Gasteiger partial charge in [0.25, 0.3) is 0 Å². The molecule has 4 heteroatoms. The van der Waals surface area contributed by atoms with Gasteiger partial charge in [-0.2, -0.15) is 0 Å². The molecule has 1 aliphatic heterocycles. The third kappa shape index (κ3) is 3.34. The summed E-state index contributed by atoms with van der Waals surface area (Å²) in [7, 11) is 0. The molecule has 1 heterocycles. The Morgan fingerprint density at radius 1 is 1.35 bits per heavy atom. The second-order valence-electron chi connectivity index (χ2n) is 7.15. The van der Waals surface area contributed by atoms with Gasteiger partial charge in [0.15, 0.2) is 0 Å². The van der Waals surface area contributed by atoms with E-state index < -0.39 is 11.5 Å². The minimum atomic E-state index is -0.962. The quantitative estimate of drug-likeness (QED) is 0.812. The molecule has 2 aliphatic rings. The number of likely N-dealkylation sites (tertiary alicyclic amines) is 1. The van der Waals surface area contributed by atoms with Crippen LogP contribution in [0.25, 0.3) is 0 Å². The highest BCUT2D eigenvalue weighted by Crippen LogP contribution is 2.36. The van der Waals surface area contributed by atoms with E-state index in [9.17, 15) is 9.90 Å². The molecule has 1 aliphatic carbocycles. The van der Waals surface area contributed by atoms with Crippen LogP contribution < -0.4 is 5.73 Å². The van der Waals surface area contributed by atoms with Gasteiger partial charge in [-0.3, -0.25) is 4.79 Å². The first-order valence-electron chi connectivity index (χ1n) is 8.18. The normalized spacial score (nSPS) is 32.9. The Labute approximate surface area is 122 Å². The number of carbonyl (C=O) groups is 1. The highest BCUT2D eigenvalue weighted by atomic mass is 16.4. The Bertz CT molecular complexity index is 337. The van der Waals surface area contributed by atoms with Gasteiger partial charge < -0.3 is 15.7 Å². The highest BCUT2D eigenvalue weighted by molar-refractivity contribution is 5.79. The summed E-state index contributed by atoms with van der Waals surface area (Å²) in [6.45, 7) is 7.98. The number of carboxylic acids is 1. The number of piperidine rings is 1. The van der Waals surface area contributed by atoms with Gasteiger partial charge in [0.2, 0.25) is 0 Å². The van der Waals surface area contributed by atoms with Crippen molar-refractivity contribution in [3.63, 3.8) is 0 Å². The molecule has 0 bridgehead atoms. The van der Waals surface area contributed by atoms with Crippen molar-refractivity contribution in [1.82, 2.24) is 4.90 Å². The van der Waals surface area contributed by atoms with Crippen molar-refractivity contribution in [2.24, 2.45) is 23.5 Å². The van der Waals surface area contributed by atoms with E-state index in [1.54, 1.807) is 0 Å². The van der Waals surface area contributed by atoms with Gasteiger partial charge in [-0.15, -0.1) is 0 Å². The zero-order chi connectivity index (χ0) is 14.8. The molecule has 0 aromatic rings. The lowest BCUT2D eigenvalue weighted by molar-refractivity contribution is -0.144. The molecule has 116 valence electrons. The van der Waals surface area contributed by atoms with Crippen LogP contribution in [-0.2, 0) is 4.79 Å². The lowest BCUT2D eigenvalue weighted by Crippen LogP contribution is -2.51. The second-order valence-corrected chi connectivity index (χ2v) is 7.15. The third-order valence-electron chi connectivity index (χ3n) is 5.64. The van der Waals surface area contributed by atoms with Gasteiger partial charge in [-0.1, -0.05) is 20.3 Å². The smallest absolute Gasteiger partial charge is 0.323 e. The molecule has 0 radical (unpaired) electrons. The van der Waals surface area contributed by atoms with Crippen molar-refractivity contribution in [3.05, 3.63) is 0 Å². The van der Waals surface area contributed by atoms with Crippen LogP contribution in [0.3, 0.4) is 0 Å². The van der Waals surface area contributed by atoms with E-state index in [-0.39, 0.29) is 5.92 Å². The van der Waals surface area contributed by atoms with E-state index >= 15 is 0 Å². The zero-order valence-corrected chi connectivity index (χ0v) is 13.0. The SMILES string of the molecule is CC(C)C1CCN(CCC2CCCC2(N)C(=O)O)CC1. The zero-order valence-electron chi connectivity index (χ0n) is 13.0. The van der Waals surface area contributed by atoms with E-state index in [0.717, 1.165) is 37.6 Å². The monoisotopic (exact) mass is 282 g/mol. The predicted molar refractivity (Wildman–Crippen MR) is 80.5 cm³/mol. The Morgan fingerprint density at radius 2 is 2.00 bits per heavy atom. The number of rotatable bonds is 5. The number of carboxylic acid groups (broad SMARTS) is 1. The third-order valence-corrected chi connectivity index (χ3v) is 5.64. The molecule has 2 atom stereocenters. The molecule has 1 saturated heterocycles. The van der Waals surface area contributed by atoms with Crippen LogP contribution in [0, 0.1) is 17.8 Å². The summed E-state index contributed by atoms with van der Waals surface area (Å²) >= 11 is 0. The van der Waals surface area contributed by atoms with Gasteiger partial charge in [-0.05, 0) is 69.5 Å². The van der Waals surface area contributed by atoms with Crippen LogP contribution in [0.4, 0.5) is 0 Å². The number of nitrogens with zero attached hydrogens (tertiary/aromatic N) is 1. The van der Waals surface area contributed by atoms with E-state index in [0.29, 0.717) is 6.42 Å². The predicted octanol–water partition coefficient (Wildman–Crippen LogP) is 2.33. The van der Waals surface area contributed by atoms with Crippen LogP contribution in [0.2, 0.25) is 0 Å². The summed E-state index contributed by atoms with van der Waals surface area (Å²) in [5, 5.41) is 9.34. The topological polar surface area (TPSA) is 66.6 Å². The number of nitrogens with two attached hydrogens (primary N) is 1. The molecule has 0 aromatic heterocycles. The molecule has 20 heavy (non-hydrogen) atoms. The molecule has 0 aromatic carbocycles. The van der Waals surface area contributed by atoms with Gasteiger partial charge in [0, 0.05) is 0 Å². The van der Waals surface area contributed by atoms with E-state index in [1.165, 1.54) is 25.9 Å². The highest BCUT2D eigenvalue weighted by Gasteiger charge is 2.45. The average molecular weight is 282 g/mol. The molecule has 3 N–H and O–H groups in total. The van der Waals surface area contributed by atoms with Crippen molar-refractivity contribution in [1.29, 1.82) is 0 Å². The van der Waals surface area contributed by atoms with Crippen LogP contribution in [0.15, 0.2) is 0 Å². The average Bonchev–Trinajstić information content (AvgIpc) is 2.79. The summed E-state index contributed by atoms with van der Waals surface area (Å²) in [6, 6.07) is 0. The first kappa shape index (κ1) is 15.8. The van der Waals surface area contributed by atoms with Crippen LogP contribution in [0.1, 0.15) is 52.4 Å². The minimum Gasteiger partial charge on any atom is -0.480 e. The fraction of sp³-hybridized carbons (Fsp3) is 0.938. The largest absolute Gasteiger partial charge is 0.480 e. The van der Waals surface area contributed by atoms with Gasteiger partial charge in [-0.25, -0.2) is 0 Å². The fourth-order valence-electron chi connectivity index (χ4n) is 3.97.